The fraction of sp³-hybridized carbons (Fsp3) is 0.846. The van der Waals surface area contributed by atoms with E-state index < -0.39 is 5.97 Å². The largest absolute Gasteiger partial charge is 0.481 e. The van der Waals surface area contributed by atoms with E-state index in [2.05, 4.69) is 17.6 Å². The number of hydrogen-bond donors (Lipinski definition) is 3. The molecule has 2 aliphatic rings. The number of carbonyl (C=O) groups excluding carboxylic acids is 1. The molecule has 102 valence electrons. The molecule has 4 unspecified atom stereocenters. The fourth-order valence-electron chi connectivity index (χ4n) is 2.69. The first-order valence-corrected chi connectivity index (χ1v) is 6.83. The van der Waals surface area contributed by atoms with Crippen LogP contribution in [-0.4, -0.2) is 29.7 Å². The van der Waals surface area contributed by atoms with E-state index in [4.69, 9.17) is 5.11 Å². The van der Waals surface area contributed by atoms with E-state index in [1.807, 2.05) is 0 Å². The number of hydrogen-bond acceptors (Lipinski definition) is 2. The van der Waals surface area contributed by atoms with Crippen molar-refractivity contribution in [2.45, 2.75) is 45.1 Å². The smallest absolute Gasteiger partial charge is 0.315 e. The molecule has 18 heavy (non-hydrogen) atoms. The van der Waals surface area contributed by atoms with Crippen molar-refractivity contribution in [2.75, 3.05) is 6.54 Å². The third kappa shape index (κ3) is 3.62. The lowest BCUT2D eigenvalue weighted by Gasteiger charge is -2.27. The van der Waals surface area contributed by atoms with Gasteiger partial charge in [0.25, 0.3) is 0 Å². The molecule has 0 spiro atoms. The molecule has 4 atom stereocenters. The minimum atomic E-state index is -0.742. The maximum Gasteiger partial charge on any atom is 0.315 e. The van der Waals surface area contributed by atoms with E-state index in [-0.39, 0.29) is 18.0 Å². The van der Waals surface area contributed by atoms with Gasteiger partial charge in [-0.15, -0.1) is 0 Å². The third-order valence-electron chi connectivity index (χ3n) is 4.16. The number of aliphatic carboxylic acids is 1. The van der Waals surface area contributed by atoms with Crippen LogP contribution in [0.3, 0.4) is 0 Å². The highest BCUT2D eigenvalue weighted by Gasteiger charge is 2.33. The van der Waals surface area contributed by atoms with E-state index in [0.29, 0.717) is 12.3 Å². The second-order valence-electron chi connectivity index (χ2n) is 5.73. The van der Waals surface area contributed by atoms with Crippen molar-refractivity contribution in [1.82, 2.24) is 10.6 Å². The van der Waals surface area contributed by atoms with E-state index in [1.165, 1.54) is 6.42 Å². The topological polar surface area (TPSA) is 78.4 Å². The number of rotatable bonds is 4. The van der Waals surface area contributed by atoms with Gasteiger partial charge in [-0.3, -0.25) is 4.79 Å². The van der Waals surface area contributed by atoms with Crippen LogP contribution in [0.5, 0.6) is 0 Å². The summed E-state index contributed by atoms with van der Waals surface area (Å²) in [4.78, 5) is 22.6. The van der Waals surface area contributed by atoms with Crippen molar-refractivity contribution in [3.63, 3.8) is 0 Å². The highest BCUT2D eigenvalue weighted by atomic mass is 16.4. The summed E-state index contributed by atoms with van der Waals surface area (Å²) in [6.07, 6.45) is 4.25. The van der Waals surface area contributed by atoms with Crippen LogP contribution >= 0.6 is 0 Å². The monoisotopic (exact) mass is 254 g/mol. The van der Waals surface area contributed by atoms with Gasteiger partial charge in [0, 0.05) is 12.6 Å². The Balaban J connectivity index is 1.68. The number of urea groups is 1. The molecule has 0 saturated heterocycles. The molecule has 0 heterocycles. The van der Waals surface area contributed by atoms with Crippen LogP contribution in [0.15, 0.2) is 0 Å². The van der Waals surface area contributed by atoms with Crippen LogP contribution in [0.1, 0.15) is 39.0 Å². The molecule has 3 N–H and O–H groups in total. The summed E-state index contributed by atoms with van der Waals surface area (Å²) in [5.74, 6) is 0.325. The Morgan fingerprint density at radius 1 is 1.28 bits per heavy atom. The van der Waals surface area contributed by atoms with Crippen molar-refractivity contribution in [3.8, 4) is 0 Å². The molecule has 2 saturated carbocycles. The summed E-state index contributed by atoms with van der Waals surface area (Å²) in [6.45, 7) is 2.92. The fourth-order valence-corrected chi connectivity index (χ4v) is 2.69. The van der Waals surface area contributed by atoms with Crippen molar-refractivity contribution in [1.29, 1.82) is 0 Å². The quantitative estimate of drug-likeness (QED) is 0.712. The summed E-state index contributed by atoms with van der Waals surface area (Å²) in [6, 6.07) is -0.137. The van der Waals surface area contributed by atoms with Crippen LogP contribution in [0.2, 0.25) is 0 Å². The highest BCUT2D eigenvalue weighted by molar-refractivity contribution is 5.74. The number of carboxylic acids is 1. The molecule has 0 bridgehead atoms. The SMILES string of the molecule is CC1CC1CNC(=O)NC1CCCC(C(=O)O)C1. The second kappa shape index (κ2) is 5.59. The summed E-state index contributed by atoms with van der Waals surface area (Å²) in [5.41, 5.74) is 0. The molecule has 0 aliphatic heterocycles. The van der Waals surface area contributed by atoms with Gasteiger partial charge in [0.2, 0.25) is 0 Å². The number of carbonyl (C=O) groups is 2. The van der Waals surface area contributed by atoms with Crippen molar-refractivity contribution in [2.24, 2.45) is 17.8 Å². The Labute approximate surface area is 107 Å². The lowest BCUT2D eigenvalue weighted by Crippen LogP contribution is -2.45. The predicted octanol–water partition coefficient (Wildman–Crippen LogP) is 1.58. The zero-order valence-corrected chi connectivity index (χ0v) is 10.8. The lowest BCUT2D eigenvalue weighted by atomic mass is 9.86. The zero-order valence-electron chi connectivity index (χ0n) is 10.8. The van der Waals surface area contributed by atoms with Crippen LogP contribution < -0.4 is 10.6 Å². The number of nitrogens with one attached hydrogen (secondary N) is 2. The molecule has 0 radical (unpaired) electrons. The summed E-state index contributed by atoms with van der Waals surface area (Å²) < 4.78 is 0. The molecule has 2 fully saturated rings. The van der Waals surface area contributed by atoms with Gasteiger partial charge >= 0.3 is 12.0 Å². The van der Waals surface area contributed by atoms with Crippen LogP contribution in [0.4, 0.5) is 4.79 Å². The minimum Gasteiger partial charge on any atom is -0.481 e. The van der Waals surface area contributed by atoms with E-state index in [9.17, 15) is 9.59 Å². The molecular weight excluding hydrogens is 232 g/mol. The Kier molecular flexibility index (Phi) is 4.09. The average Bonchev–Trinajstić information content (AvgIpc) is 3.03. The molecule has 2 rings (SSSR count). The van der Waals surface area contributed by atoms with Crippen molar-refractivity contribution < 1.29 is 14.7 Å². The molecule has 5 heteroatoms. The van der Waals surface area contributed by atoms with E-state index >= 15 is 0 Å². The van der Waals surface area contributed by atoms with Crippen molar-refractivity contribution in [3.05, 3.63) is 0 Å². The van der Waals surface area contributed by atoms with Gasteiger partial charge in [-0.05, 0) is 37.5 Å². The standard InChI is InChI=1S/C13H22N2O3/c1-8-5-10(8)7-14-13(18)15-11-4-2-3-9(6-11)12(16)17/h8-11H,2-7H2,1H3,(H,16,17)(H2,14,15,18). The molecule has 2 aliphatic carbocycles. The predicted molar refractivity (Wildman–Crippen MR) is 67.2 cm³/mol. The molecule has 2 amide bonds. The van der Waals surface area contributed by atoms with Gasteiger partial charge < -0.3 is 15.7 Å². The molecular formula is C13H22N2O3. The van der Waals surface area contributed by atoms with Crippen LogP contribution in [0.25, 0.3) is 0 Å². The first kappa shape index (κ1) is 13.2. The molecule has 0 aromatic heterocycles. The van der Waals surface area contributed by atoms with Gasteiger partial charge in [-0.2, -0.15) is 0 Å². The Bertz CT molecular complexity index is 332. The molecule has 5 nitrogen and oxygen atoms in total. The summed E-state index contributed by atoms with van der Waals surface area (Å²) in [7, 11) is 0. The Morgan fingerprint density at radius 3 is 2.61 bits per heavy atom. The normalized spacial score (nSPS) is 34.7. The van der Waals surface area contributed by atoms with Gasteiger partial charge in [0.05, 0.1) is 5.92 Å². The maximum atomic E-state index is 11.7. The summed E-state index contributed by atoms with van der Waals surface area (Å²) >= 11 is 0. The lowest BCUT2D eigenvalue weighted by molar-refractivity contribution is -0.143. The van der Waals surface area contributed by atoms with Gasteiger partial charge in [-0.25, -0.2) is 4.79 Å². The highest BCUT2D eigenvalue weighted by Crippen LogP contribution is 2.36. The molecule has 0 aromatic carbocycles. The third-order valence-corrected chi connectivity index (χ3v) is 4.16. The van der Waals surface area contributed by atoms with Gasteiger partial charge in [0.15, 0.2) is 0 Å². The van der Waals surface area contributed by atoms with Gasteiger partial charge in [-0.1, -0.05) is 13.3 Å². The van der Waals surface area contributed by atoms with E-state index in [0.717, 1.165) is 31.7 Å². The zero-order chi connectivity index (χ0) is 13.1. The average molecular weight is 254 g/mol. The number of amides is 2. The Morgan fingerprint density at radius 2 is 2.00 bits per heavy atom. The molecule has 0 aromatic rings. The number of carboxylic acid groups (broad SMARTS) is 1. The van der Waals surface area contributed by atoms with Crippen LogP contribution in [0, 0.1) is 17.8 Å². The van der Waals surface area contributed by atoms with Gasteiger partial charge in [0.1, 0.15) is 0 Å². The van der Waals surface area contributed by atoms with E-state index in [1.54, 1.807) is 0 Å². The first-order chi connectivity index (χ1) is 8.56. The first-order valence-electron chi connectivity index (χ1n) is 6.83. The minimum absolute atomic E-state index is 0.0106. The Hall–Kier alpha value is -1.26. The van der Waals surface area contributed by atoms with Crippen molar-refractivity contribution >= 4 is 12.0 Å². The maximum absolute atomic E-state index is 11.7. The second-order valence-corrected chi connectivity index (χ2v) is 5.73. The summed E-state index contributed by atoms with van der Waals surface area (Å²) in [5, 5.41) is 14.7. The van der Waals surface area contributed by atoms with Crippen LogP contribution in [-0.2, 0) is 4.79 Å².